The third-order valence-electron chi connectivity index (χ3n) is 6.84. The van der Waals surface area contributed by atoms with E-state index in [-0.39, 0.29) is 9.79 Å². The molecule has 0 amide bonds. The highest BCUT2D eigenvalue weighted by atomic mass is 32.3. The molecule has 10 heteroatoms. The van der Waals surface area contributed by atoms with Gasteiger partial charge in [0.1, 0.15) is 11.5 Å². The Labute approximate surface area is 246 Å². The van der Waals surface area contributed by atoms with E-state index in [0.717, 1.165) is 38.5 Å². The number of sulfone groups is 2. The molecule has 41 heavy (non-hydrogen) atoms. The van der Waals surface area contributed by atoms with Crippen LogP contribution in [0.1, 0.15) is 104 Å². The van der Waals surface area contributed by atoms with Crippen LogP contribution in [0.15, 0.2) is 58.3 Å². The lowest BCUT2D eigenvalue weighted by Crippen LogP contribution is -2.26. The van der Waals surface area contributed by atoms with Crippen LogP contribution in [0.2, 0.25) is 0 Å². The van der Waals surface area contributed by atoms with Crippen molar-refractivity contribution in [3.8, 4) is 11.5 Å². The second-order valence-electron chi connectivity index (χ2n) is 10.3. The Hall–Kier alpha value is -2.68. The average Bonchev–Trinajstić information content (AvgIpc) is 2.96. The molecule has 0 unspecified atom stereocenters. The van der Waals surface area contributed by atoms with Gasteiger partial charge in [-0.2, -0.15) is 0 Å². The van der Waals surface area contributed by atoms with Crippen LogP contribution in [0.5, 0.6) is 11.5 Å². The van der Waals surface area contributed by atoms with E-state index < -0.39 is 24.1 Å². The van der Waals surface area contributed by atoms with Crippen molar-refractivity contribution in [2.24, 2.45) is 0 Å². The monoisotopic (exact) mass is 606 g/mol. The first-order chi connectivity index (χ1) is 19.8. The summed E-state index contributed by atoms with van der Waals surface area (Å²) in [6.45, 7) is 5.40. The molecule has 2 rings (SSSR count). The number of ether oxygens (including phenoxy) is 2. The largest absolute Gasteiger partial charge is 0.504 e. The van der Waals surface area contributed by atoms with Gasteiger partial charge in [0.15, 0.2) is 0 Å². The number of hydrogen-bond donors (Lipinski definition) is 0. The standard InChI is InChI=1S/C31H46N2O6S2/c1-3-5-7-9-11-13-15-25-38-27-17-21-29(22-18-27)40(34,35)31(33-32)41(36,37)30-23-19-28(20-24-30)39-26-16-14-12-10-8-6-4-2/h17-24H,3-16,25-26H2,1-2H3. The summed E-state index contributed by atoms with van der Waals surface area (Å²) in [5, 5.41) is 0. The van der Waals surface area contributed by atoms with Crippen LogP contribution in [-0.4, -0.2) is 39.2 Å². The molecule has 2 aromatic carbocycles. The van der Waals surface area contributed by atoms with Crippen molar-refractivity contribution >= 4 is 24.1 Å². The molecule has 0 heterocycles. The zero-order valence-corrected chi connectivity index (χ0v) is 26.2. The molecule has 0 spiro atoms. The van der Waals surface area contributed by atoms with E-state index in [1.807, 2.05) is 0 Å². The SMILES string of the molecule is CCCCCCCCCOc1ccc(S(=O)(=O)C(=[N+]=[N-])S(=O)(=O)c2ccc(OCCCCCCCCC)cc2)cc1. The van der Waals surface area contributed by atoms with Gasteiger partial charge in [-0.05, 0) is 61.4 Å². The predicted octanol–water partition coefficient (Wildman–Crippen LogP) is 7.78. The first kappa shape index (κ1) is 34.5. The zero-order chi connectivity index (χ0) is 30.0. The summed E-state index contributed by atoms with van der Waals surface area (Å²) < 4.78 is 62.5. The van der Waals surface area contributed by atoms with E-state index >= 15 is 0 Å². The van der Waals surface area contributed by atoms with Crippen LogP contribution in [0.4, 0.5) is 0 Å². The van der Waals surface area contributed by atoms with E-state index in [0.29, 0.717) is 24.7 Å². The van der Waals surface area contributed by atoms with Gasteiger partial charge in [0.05, 0.1) is 23.0 Å². The molecule has 0 aliphatic heterocycles. The van der Waals surface area contributed by atoms with Gasteiger partial charge < -0.3 is 15.0 Å². The van der Waals surface area contributed by atoms with Crippen molar-refractivity contribution in [1.82, 2.24) is 0 Å². The van der Waals surface area contributed by atoms with Crippen molar-refractivity contribution in [2.45, 2.75) is 114 Å². The molecule has 0 fully saturated rings. The number of nitrogens with zero attached hydrogens (tertiary/aromatic N) is 2. The second-order valence-corrected chi connectivity index (χ2v) is 14.2. The van der Waals surface area contributed by atoms with Crippen LogP contribution in [0.3, 0.4) is 0 Å². The molecule has 0 saturated heterocycles. The average molecular weight is 607 g/mol. The number of unbranched alkanes of at least 4 members (excludes halogenated alkanes) is 12. The molecule has 0 saturated carbocycles. The van der Waals surface area contributed by atoms with Gasteiger partial charge in [0.25, 0.3) is 19.7 Å². The van der Waals surface area contributed by atoms with Crippen molar-refractivity contribution in [1.29, 1.82) is 0 Å². The van der Waals surface area contributed by atoms with Crippen molar-refractivity contribution in [2.75, 3.05) is 13.2 Å². The molecular weight excluding hydrogens is 560 g/mol. The second kappa shape index (κ2) is 18.7. The Balaban J connectivity index is 1.92. The highest BCUT2D eigenvalue weighted by Crippen LogP contribution is 2.24. The Kier molecular flexibility index (Phi) is 15.7. The molecule has 0 aliphatic rings. The Morgan fingerprint density at radius 1 is 0.561 bits per heavy atom. The van der Waals surface area contributed by atoms with E-state index in [1.54, 1.807) is 0 Å². The van der Waals surface area contributed by atoms with Gasteiger partial charge in [-0.1, -0.05) is 90.9 Å². The topological polar surface area (TPSA) is 123 Å². The summed E-state index contributed by atoms with van der Waals surface area (Å²) in [5.41, 5.74) is 9.48. The molecule has 0 atom stereocenters. The number of benzene rings is 2. The Bertz CT molecular complexity index is 1190. The first-order valence-corrected chi connectivity index (χ1v) is 17.9. The fraction of sp³-hybridized carbons (Fsp3) is 0.581. The lowest BCUT2D eigenvalue weighted by Gasteiger charge is -2.08. The third kappa shape index (κ3) is 11.6. The molecule has 228 valence electrons. The smallest absolute Gasteiger partial charge is 0.494 e. The quantitative estimate of drug-likeness (QED) is 0.0498. The molecule has 0 bridgehead atoms. The summed E-state index contributed by atoms with van der Waals surface area (Å²) in [7, 11) is -9.26. The number of rotatable bonds is 20. The molecule has 2 aromatic rings. The highest BCUT2D eigenvalue weighted by Gasteiger charge is 2.44. The van der Waals surface area contributed by atoms with Crippen LogP contribution < -0.4 is 9.47 Å². The van der Waals surface area contributed by atoms with E-state index in [4.69, 9.17) is 9.47 Å². The molecule has 8 nitrogen and oxygen atoms in total. The molecule has 0 aliphatic carbocycles. The summed E-state index contributed by atoms with van der Waals surface area (Å²) in [6, 6.07) is 10.8. The minimum absolute atomic E-state index is 0.313. The highest BCUT2D eigenvalue weighted by molar-refractivity contribution is 8.31. The van der Waals surface area contributed by atoms with E-state index in [9.17, 15) is 22.4 Å². The van der Waals surface area contributed by atoms with Gasteiger partial charge in [-0.25, -0.2) is 16.8 Å². The molecule has 0 radical (unpaired) electrons. The Morgan fingerprint density at radius 3 is 1.20 bits per heavy atom. The summed E-state index contributed by atoms with van der Waals surface area (Å²) >= 11 is 0. The normalized spacial score (nSPS) is 11.7. The van der Waals surface area contributed by atoms with E-state index in [1.165, 1.54) is 99.9 Å². The van der Waals surface area contributed by atoms with E-state index in [2.05, 4.69) is 18.6 Å². The van der Waals surface area contributed by atoms with Gasteiger partial charge >= 0.3 is 4.38 Å². The summed E-state index contributed by atoms with van der Waals surface area (Å²) in [6.07, 6.45) is 16.1. The van der Waals surface area contributed by atoms with Crippen molar-refractivity contribution < 1.29 is 31.1 Å². The molecular formula is C31H46N2O6S2. The summed E-state index contributed by atoms with van der Waals surface area (Å²) in [4.78, 5) is 2.07. The zero-order valence-electron chi connectivity index (χ0n) is 24.6. The molecule has 0 aromatic heterocycles. The maximum absolute atomic E-state index is 13.1. The van der Waals surface area contributed by atoms with Crippen molar-refractivity contribution in [3.05, 3.63) is 54.1 Å². The van der Waals surface area contributed by atoms with Crippen LogP contribution >= 0.6 is 0 Å². The lowest BCUT2D eigenvalue weighted by atomic mass is 10.1. The van der Waals surface area contributed by atoms with Gasteiger partial charge in [-0.3, -0.25) is 0 Å². The lowest BCUT2D eigenvalue weighted by molar-refractivity contribution is 0.00380. The maximum atomic E-state index is 13.1. The van der Waals surface area contributed by atoms with Crippen LogP contribution in [-0.2, 0) is 19.7 Å². The van der Waals surface area contributed by atoms with Crippen LogP contribution in [0, 0.1) is 0 Å². The fourth-order valence-electron chi connectivity index (χ4n) is 4.38. The van der Waals surface area contributed by atoms with Gasteiger partial charge in [-0.15, -0.1) is 4.79 Å². The number of hydrogen-bond acceptors (Lipinski definition) is 6. The van der Waals surface area contributed by atoms with Gasteiger partial charge in [0, 0.05) is 0 Å². The molecule has 0 N–H and O–H groups in total. The minimum Gasteiger partial charge on any atom is -0.494 e. The Morgan fingerprint density at radius 2 is 0.878 bits per heavy atom. The van der Waals surface area contributed by atoms with Gasteiger partial charge in [0.2, 0.25) is 0 Å². The van der Waals surface area contributed by atoms with Crippen LogP contribution in [0.25, 0.3) is 5.53 Å². The fourth-order valence-corrected chi connectivity index (χ4v) is 7.72. The first-order valence-electron chi connectivity index (χ1n) is 14.9. The predicted molar refractivity (Wildman–Crippen MR) is 163 cm³/mol. The third-order valence-corrected chi connectivity index (χ3v) is 11.0. The minimum atomic E-state index is -4.63. The summed E-state index contributed by atoms with van der Waals surface area (Å²) in [5.74, 6) is 0.958. The van der Waals surface area contributed by atoms with Crippen molar-refractivity contribution in [3.63, 3.8) is 0 Å². The maximum Gasteiger partial charge on any atom is 0.504 e.